The van der Waals surface area contributed by atoms with E-state index >= 15 is 0 Å². The number of hydrogen-bond acceptors (Lipinski definition) is 3. The van der Waals surface area contributed by atoms with Crippen LogP contribution in [0.4, 0.5) is 5.69 Å². The van der Waals surface area contributed by atoms with Crippen LogP contribution in [0.3, 0.4) is 0 Å². The Balaban J connectivity index is 2.38. The van der Waals surface area contributed by atoms with Gasteiger partial charge in [-0.25, -0.2) is 0 Å². The molecule has 1 aliphatic heterocycles. The molecule has 0 aromatic carbocycles. The van der Waals surface area contributed by atoms with Gasteiger partial charge < -0.3 is 5.32 Å². The maximum atomic E-state index is 12.8. The molecule has 0 bridgehead atoms. The Morgan fingerprint density at radius 2 is 1.90 bits per heavy atom. The van der Waals surface area contributed by atoms with Crippen LogP contribution in [0, 0.1) is 5.41 Å². The monoisotopic (exact) mass is 292 g/mol. The van der Waals surface area contributed by atoms with E-state index in [-0.39, 0.29) is 23.3 Å². The van der Waals surface area contributed by atoms with Crippen molar-refractivity contribution in [2.45, 2.75) is 59.7 Å². The first kappa shape index (κ1) is 15.5. The van der Waals surface area contributed by atoms with E-state index in [1.54, 1.807) is 22.7 Å². The highest BCUT2D eigenvalue weighted by Gasteiger charge is 2.44. The van der Waals surface area contributed by atoms with Crippen molar-refractivity contribution in [1.82, 2.24) is 15.1 Å². The fourth-order valence-electron chi connectivity index (χ4n) is 2.44. The Hall–Kier alpha value is -1.85. The fraction of sp³-hybridized carbons (Fsp3) is 0.667. The second kappa shape index (κ2) is 5.16. The first-order chi connectivity index (χ1) is 9.62. The van der Waals surface area contributed by atoms with Crippen molar-refractivity contribution in [1.29, 1.82) is 0 Å². The van der Waals surface area contributed by atoms with Crippen LogP contribution >= 0.6 is 0 Å². The third kappa shape index (κ3) is 2.80. The smallest absolute Gasteiger partial charge is 0.250 e. The van der Waals surface area contributed by atoms with Crippen LogP contribution in [0.2, 0.25) is 0 Å². The second-order valence-corrected chi connectivity index (χ2v) is 6.96. The molecule has 2 rings (SSSR count). The van der Waals surface area contributed by atoms with Gasteiger partial charge in [-0.3, -0.25) is 19.2 Å². The van der Waals surface area contributed by atoms with Gasteiger partial charge in [0.25, 0.3) is 5.91 Å². The molecule has 6 nitrogen and oxygen atoms in total. The summed E-state index contributed by atoms with van der Waals surface area (Å²) in [4.78, 5) is 26.5. The number of piperazine rings is 1. The maximum absolute atomic E-state index is 12.8. The Bertz CT molecular complexity index is 556. The van der Waals surface area contributed by atoms with Gasteiger partial charge in [-0.1, -0.05) is 20.8 Å². The maximum Gasteiger partial charge on any atom is 0.250 e. The summed E-state index contributed by atoms with van der Waals surface area (Å²) in [6.45, 7) is 11.6. The van der Waals surface area contributed by atoms with Crippen LogP contribution in [-0.2, 0) is 9.59 Å². The summed E-state index contributed by atoms with van der Waals surface area (Å²) in [6, 6.07) is -0.842. The number of carbonyl (C=O) groups is 2. The molecular weight excluding hydrogens is 268 g/mol. The summed E-state index contributed by atoms with van der Waals surface area (Å²) in [5, 5.41) is 7.09. The highest BCUT2D eigenvalue weighted by atomic mass is 16.2. The number of rotatable bonds is 2. The molecule has 0 aliphatic carbocycles. The molecule has 116 valence electrons. The largest absolute Gasteiger partial charge is 0.342 e. The minimum absolute atomic E-state index is 0.0853. The molecule has 1 aromatic heterocycles. The SMILES string of the molecule is CC1C(=O)NC(C(C)(C)C)C(=O)N1c1cnn(C(C)C)c1. The summed E-state index contributed by atoms with van der Waals surface area (Å²) < 4.78 is 1.79. The Morgan fingerprint density at radius 1 is 1.29 bits per heavy atom. The van der Waals surface area contributed by atoms with E-state index in [4.69, 9.17) is 0 Å². The first-order valence-corrected chi connectivity index (χ1v) is 7.30. The van der Waals surface area contributed by atoms with E-state index in [1.165, 1.54) is 0 Å². The molecule has 2 amide bonds. The molecule has 2 heterocycles. The van der Waals surface area contributed by atoms with Crippen molar-refractivity contribution in [3.05, 3.63) is 12.4 Å². The van der Waals surface area contributed by atoms with Gasteiger partial charge in [-0.2, -0.15) is 5.10 Å². The van der Waals surface area contributed by atoms with Crippen LogP contribution in [0.25, 0.3) is 0 Å². The highest BCUT2D eigenvalue weighted by Crippen LogP contribution is 2.28. The first-order valence-electron chi connectivity index (χ1n) is 7.30. The van der Waals surface area contributed by atoms with Gasteiger partial charge in [0.05, 0.1) is 11.9 Å². The number of carbonyl (C=O) groups excluding carboxylic acids is 2. The fourth-order valence-corrected chi connectivity index (χ4v) is 2.44. The summed E-state index contributed by atoms with van der Waals surface area (Å²) in [7, 11) is 0. The van der Waals surface area contributed by atoms with Crippen molar-refractivity contribution in [3.8, 4) is 0 Å². The number of hydrogen-bond donors (Lipinski definition) is 1. The lowest BCUT2D eigenvalue weighted by Gasteiger charge is -2.41. The summed E-state index contributed by atoms with van der Waals surface area (Å²) >= 11 is 0. The molecule has 2 atom stereocenters. The van der Waals surface area contributed by atoms with Crippen LogP contribution in [0.15, 0.2) is 12.4 Å². The molecule has 1 aliphatic rings. The molecular formula is C15H24N4O2. The molecule has 1 saturated heterocycles. The molecule has 2 unspecified atom stereocenters. The summed E-state index contributed by atoms with van der Waals surface area (Å²) in [5.74, 6) is -0.218. The van der Waals surface area contributed by atoms with Gasteiger partial charge >= 0.3 is 0 Å². The zero-order valence-corrected chi connectivity index (χ0v) is 13.5. The summed E-state index contributed by atoms with van der Waals surface area (Å²) in [5.41, 5.74) is 0.337. The topological polar surface area (TPSA) is 67.2 Å². The Morgan fingerprint density at radius 3 is 2.38 bits per heavy atom. The zero-order chi connectivity index (χ0) is 15.9. The van der Waals surface area contributed by atoms with E-state index in [0.29, 0.717) is 5.69 Å². The predicted octanol–water partition coefficient (Wildman–Crippen LogP) is 1.73. The normalized spacial score (nSPS) is 23.7. The summed E-state index contributed by atoms with van der Waals surface area (Å²) in [6.07, 6.45) is 3.46. The lowest BCUT2D eigenvalue weighted by atomic mass is 9.84. The van der Waals surface area contributed by atoms with Gasteiger partial charge in [-0.05, 0) is 26.2 Å². The van der Waals surface area contributed by atoms with Crippen LogP contribution in [-0.4, -0.2) is 33.7 Å². The zero-order valence-electron chi connectivity index (χ0n) is 13.5. The molecule has 0 radical (unpaired) electrons. The van der Waals surface area contributed by atoms with E-state index in [9.17, 15) is 9.59 Å². The molecule has 6 heteroatoms. The molecule has 21 heavy (non-hydrogen) atoms. The lowest BCUT2D eigenvalue weighted by molar-refractivity contribution is -0.136. The Kier molecular flexibility index (Phi) is 3.82. The van der Waals surface area contributed by atoms with Crippen molar-refractivity contribution in [2.75, 3.05) is 4.90 Å². The van der Waals surface area contributed by atoms with E-state index < -0.39 is 12.1 Å². The quantitative estimate of drug-likeness (QED) is 0.902. The molecule has 0 saturated carbocycles. The minimum atomic E-state index is -0.527. The molecule has 0 spiro atoms. The average molecular weight is 292 g/mol. The number of anilines is 1. The van der Waals surface area contributed by atoms with Gasteiger partial charge in [0.15, 0.2) is 0 Å². The van der Waals surface area contributed by atoms with Crippen molar-refractivity contribution < 1.29 is 9.59 Å². The number of nitrogens with zero attached hydrogens (tertiary/aromatic N) is 3. The third-order valence-corrected chi connectivity index (χ3v) is 3.80. The molecule has 1 N–H and O–H groups in total. The van der Waals surface area contributed by atoms with E-state index in [2.05, 4.69) is 10.4 Å². The molecule has 1 aromatic rings. The lowest BCUT2D eigenvalue weighted by Crippen LogP contribution is -2.66. The third-order valence-electron chi connectivity index (χ3n) is 3.80. The second-order valence-electron chi connectivity index (χ2n) is 6.96. The van der Waals surface area contributed by atoms with Gasteiger partial charge in [0, 0.05) is 12.2 Å². The van der Waals surface area contributed by atoms with Gasteiger partial charge in [-0.15, -0.1) is 0 Å². The number of amides is 2. The number of aromatic nitrogens is 2. The minimum Gasteiger partial charge on any atom is -0.342 e. The Labute approximate surface area is 125 Å². The van der Waals surface area contributed by atoms with E-state index in [0.717, 1.165) is 0 Å². The molecule has 1 fully saturated rings. The van der Waals surface area contributed by atoms with E-state index in [1.807, 2.05) is 40.8 Å². The van der Waals surface area contributed by atoms with Crippen molar-refractivity contribution >= 4 is 17.5 Å². The van der Waals surface area contributed by atoms with Crippen LogP contribution < -0.4 is 10.2 Å². The van der Waals surface area contributed by atoms with Gasteiger partial charge in [0.1, 0.15) is 12.1 Å². The number of nitrogens with one attached hydrogen (secondary N) is 1. The van der Waals surface area contributed by atoms with Crippen LogP contribution in [0.5, 0.6) is 0 Å². The highest BCUT2D eigenvalue weighted by molar-refractivity contribution is 6.08. The average Bonchev–Trinajstić information content (AvgIpc) is 2.82. The standard InChI is InChI=1S/C15H24N4O2/c1-9(2)18-8-11(7-16-18)19-10(3)13(20)17-12(14(19)21)15(4,5)6/h7-10,12H,1-6H3,(H,17,20). The van der Waals surface area contributed by atoms with Crippen molar-refractivity contribution in [2.24, 2.45) is 5.41 Å². The van der Waals surface area contributed by atoms with Crippen molar-refractivity contribution in [3.63, 3.8) is 0 Å². The van der Waals surface area contributed by atoms with Crippen LogP contribution in [0.1, 0.15) is 47.6 Å². The van der Waals surface area contributed by atoms with Gasteiger partial charge in [0.2, 0.25) is 5.91 Å². The predicted molar refractivity (Wildman–Crippen MR) is 80.9 cm³/mol.